The molecule has 0 aliphatic heterocycles. The van der Waals surface area contributed by atoms with Crippen LogP contribution in [0.15, 0.2) is 0 Å². The Morgan fingerprint density at radius 2 is 2.23 bits per heavy atom. The van der Waals surface area contributed by atoms with E-state index < -0.39 is 18.4 Å². The molecule has 1 fully saturated rings. The Morgan fingerprint density at radius 3 is 2.54 bits per heavy atom. The highest BCUT2D eigenvalue weighted by atomic mass is 19.3. The minimum absolute atomic E-state index is 0.0604. The Kier molecular flexibility index (Phi) is 2.85. The predicted molar refractivity (Wildman–Crippen MR) is 42.8 cm³/mol. The summed E-state index contributed by atoms with van der Waals surface area (Å²) in [5.41, 5.74) is 0. The minimum Gasteiger partial charge on any atom is -0.477 e. The van der Waals surface area contributed by atoms with E-state index in [2.05, 4.69) is 5.32 Å². The molecule has 1 saturated carbocycles. The number of carboxylic acids is 1. The van der Waals surface area contributed by atoms with Crippen LogP contribution < -0.4 is 5.32 Å². The number of carboxylic acid groups (broad SMARTS) is 1. The molecule has 1 rings (SSSR count). The maximum absolute atomic E-state index is 12.5. The van der Waals surface area contributed by atoms with Crippen molar-refractivity contribution in [3.63, 3.8) is 0 Å². The summed E-state index contributed by atoms with van der Waals surface area (Å²) in [5, 5.41) is 10.7. The predicted octanol–water partition coefficient (Wildman–Crippen LogP) is 1.09. The van der Waals surface area contributed by atoms with Crippen molar-refractivity contribution in [3.8, 4) is 0 Å². The van der Waals surface area contributed by atoms with Crippen LogP contribution in [-0.2, 0) is 4.79 Å². The lowest BCUT2D eigenvalue weighted by molar-refractivity contribution is -0.164. The van der Waals surface area contributed by atoms with Crippen LogP contribution in [-0.4, -0.2) is 29.6 Å². The largest absolute Gasteiger partial charge is 0.477 e. The van der Waals surface area contributed by atoms with Gasteiger partial charge in [0.2, 0.25) is 0 Å². The van der Waals surface area contributed by atoms with Crippen molar-refractivity contribution < 1.29 is 18.7 Å². The first kappa shape index (κ1) is 10.4. The van der Waals surface area contributed by atoms with Crippen LogP contribution in [0.3, 0.4) is 0 Å². The number of alkyl halides is 2. The second-order valence-corrected chi connectivity index (χ2v) is 3.55. The van der Waals surface area contributed by atoms with Gasteiger partial charge in [-0.2, -0.15) is 8.78 Å². The molecular formula is C8H13F2NO2. The zero-order valence-electron chi connectivity index (χ0n) is 7.39. The monoisotopic (exact) mass is 193 g/mol. The average Bonchev–Trinajstić information content (AvgIpc) is 2.01. The summed E-state index contributed by atoms with van der Waals surface area (Å²) in [5.74, 6) is -5.33. The van der Waals surface area contributed by atoms with Crippen molar-refractivity contribution in [2.45, 2.75) is 31.7 Å². The molecule has 0 radical (unpaired) electrons. The van der Waals surface area contributed by atoms with Gasteiger partial charge in [0.25, 0.3) is 0 Å². The van der Waals surface area contributed by atoms with Gasteiger partial charge < -0.3 is 10.4 Å². The molecule has 5 heteroatoms. The molecule has 0 saturated heterocycles. The van der Waals surface area contributed by atoms with E-state index in [0.717, 1.165) is 12.8 Å². The third-order valence-electron chi connectivity index (χ3n) is 2.52. The number of hydrogen-bond acceptors (Lipinski definition) is 2. The van der Waals surface area contributed by atoms with Crippen molar-refractivity contribution in [3.05, 3.63) is 0 Å². The second kappa shape index (κ2) is 3.57. The fourth-order valence-electron chi connectivity index (χ4n) is 1.30. The van der Waals surface area contributed by atoms with Crippen LogP contribution >= 0.6 is 0 Å². The molecule has 0 spiro atoms. The van der Waals surface area contributed by atoms with Crippen molar-refractivity contribution in [2.24, 2.45) is 5.92 Å². The van der Waals surface area contributed by atoms with E-state index in [-0.39, 0.29) is 6.04 Å². The summed E-state index contributed by atoms with van der Waals surface area (Å²) in [6, 6.07) is 0.0604. The molecule has 13 heavy (non-hydrogen) atoms. The molecule has 0 aromatic carbocycles. The second-order valence-electron chi connectivity index (χ2n) is 3.55. The van der Waals surface area contributed by atoms with Crippen molar-refractivity contribution in [1.82, 2.24) is 5.32 Å². The van der Waals surface area contributed by atoms with Gasteiger partial charge in [0, 0.05) is 6.04 Å². The maximum Gasteiger partial charge on any atom is 0.375 e. The third-order valence-corrected chi connectivity index (χ3v) is 2.52. The first-order valence-corrected chi connectivity index (χ1v) is 4.28. The van der Waals surface area contributed by atoms with Gasteiger partial charge in [0.05, 0.1) is 6.54 Å². The zero-order chi connectivity index (χ0) is 10.1. The Hall–Kier alpha value is -0.710. The number of nitrogens with one attached hydrogen (secondary N) is 1. The quantitative estimate of drug-likeness (QED) is 0.702. The SMILES string of the molecule is CC1CCC1NCC(F)(F)C(=O)O. The number of rotatable bonds is 4. The van der Waals surface area contributed by atoms with E-state index >= 15 is 0 Å². The highest BCUT2D eigenvalue weighted by Crippen LogP contribution is 2.27. The third kappa shape index (κ3) is 2.37. The van der Waals surface area contributed by atoms with Crippen LogP contribution in [0.2, 0.25) is 0 Å². The lowest BCUT2D eigenvalue weighted by atomic mass is 9.81. The number of carbonyl (C=O) groups is 1. The van der Waals surface area contributed by atoms with Crippen LogP contribution in [0.1, 0.15) is 19.8 Å². The first-order valence-electron chi connectivity index (χ1n) is 4.28. The molecule has 0 amide bonds. The standard InChI is InChI=1S/C8H13F2NO2/c1-5-2-3-6(5)11-4-8(9,10)7(12)13/h5-6,11H,2-4H2,1H3,(H,12,13). The molecule has 2 N–H and O–H groups in total. The van der Waals surface area contributed by atoms with E-state index in [1.165, 1.54) is 0 Å². The minimum atomic E-state index is -3.64. The van der Waals surface area contributed by atoms with Gasteiger partial charge in [0.1, 0.15) is 0 Å². The molecule has 76 valence electrons. The van der Waals surface area contributed by atoms with Crippen LogP contribution in [0.25, 0.3) is 0 Å². The van der Waals surface area contributed by atoms with Gasteiger partial charge in [-0.3, -0.25) is 0 Å². The fraction of sp³-hybridized carbons (Fsp3) is 0.875. The van der Waals surface area contributed by atoms with Gasteiger partial charge in [-0.25, -0.2) is 4.79 Å². The average molecular weight is 193 g/mol. The molecule has 0 aromatic heterocycles. The summed E-state index contributed by atoms with van der Waals surface area (Å²) >= 11 is 0. The number of halogens is 2. The zero-order valence-corrected chi connectivity index (χ0v) is 7.39. The topological polar surface area (TPSA) is 49.3 Å². The van der Waals surface area contributed by atoms with Crippen molar-refractivity contribution in [2.75, 3.05) is 6.54 Å². The molecule has 1 aliphatic rings. The normalized spacial score (nSPS) is 28.2. The van der Waals surface area contributed by atoms with Gasteiger partial charge >= 0.3 is 11.9 Å². The summed E-state index contributed by atoms with van der Waals surface area (Å²) < 4.78 is 25.1. The molecule has 2 atom stereocenters. The Morgan fingerprint density at radius 1 is 1.62 bits per heavy atom. The van der Waals surface area contributed by atoms with Crippen LogP contribution in [0.4, 0.5) is 8.78 Å². The Balaban J connectivity index is 2.29. The van der Waals surface area contributed by atoms with Gasteiger partial charge in [0.15, 0.2) is 0 Å². The van der Waals surface area contributed by atoms with Crippen molar-refractivity contribution in [1.29, 1.82) is 0 Å². The fourth-order valence-corrected chi connectivity index (χ4v) is 1.30. The van der Waals surface area contributed by atoms with Gasteiger partial charge in [-0.1, -0.05) is 6.92 Å². The molecule has 0 heterocycles. The number of aliphatic carboxylic acids is 1. The highest BCUT2D eigenvalue weighted by Gasteiger charge is 2.40. The summed E-state index contributed by atoms with van der Waals surface area (Å²) in [4.78, 5) is 10.0. The van der Waals surface area contributed by atoms with Crippen LogP contribution in [0, 0.1) is 5.92 Å². The van der Waals surface area contributed by atoms with Crippen LogP contribution in [0.5, 0.6) is 0 Å². The first-order chi connectivity index (χ1) is 5.93. The highest BCUT2D eigenvalue weighted by molar-refractivity contribution is 5.75. The molecule has 2 unspecified atom stereocenters. The molecule has 0 bridgehead atoms. The summed E-state index contributed by atoms with van der Waals surface area (Å²) in [7, 11) is 0. The Bertz CT molecular complexity index is 208. The van der Waals surface area contributed by atoms with Crippen molar-refractivity contribution >= 4 is 5.97 Å². The maximum atomic E-state index is 12.5. The summed E-state index contributed by atoms with van der Waals surface area (Å²) in [6.07, 6.45) is 1.88. The molecule has 3 nitrogen and oxygen atoms in total. The van der Waals surface area contributed by atoms with E-state index in [9.17, 15) is 13.6 Å². The summed E-state index contributed by atoms with van der Waals surface area (Å²) in [6.45, 7) is 1.19. The van der Waals surface area contributed by atoms with Gasteiger partial charge in [-0.15, -0.1) is 0 Å². The Labute approximate surface area is 75.1 Å². The van der Waals surface area contributed by atoms with E-state index in [0.29, 0.717) is 5.92 Å². The molecular weight excluding hydrogens is 180 g/mol. The lowest BCUT2D eigenvalue weighted by Crippen LogP contribution is -2.49. The van der Waals surface area contributed by atoms with Gasteiger partial charge in [-0.05, 0) is 18.8 Å². The molecule has 0 aromatic rings. The van der Waals surface area contributed by atoms with E-state index in [1.54, 1.807) is 0 Å². The molecule has 1 aliphatic carbocycles. The number of hydrogen-bond donors (Lipinski definition) is 2. The van der Waals surface area contributed by atoms with E-state index in [1.807, 2.05) is 6.92 Å². The van der Waals surface area contributed by atoms with E-state index in [4.69, 9.17) is 5.11 Å². The lowest BCUT2D eigenvalue weighted by Gasteiger charge is -2.35. The smallest absolute Gasteiger partial charge is 0.375 e.